The van der Waals surface area contributed by atoms with Gasteiger partial charge in [-0.05, 0) is 18.6 Å². The highest BCUT2D eigenvalue weighted by molar-refractivity contribution is 7.91. The predicted octanol–water partition coefficient (Wildman–Crippen LogP) is 1.23. The summed E-state index contributed by atoms with van der Waals surface area (Å²) in [6.07, 6.45) is -0.327. The number of rotatable bonds is 4. The molecule has 0 heterocycles. The zero-order chi connectivity index (χ0) is 10.6. The van der Waals surface area contributed by atoms with E-state index in [1.165, 1.54) is 12.1 Å². The number of aliphatic hydroxyl groups excluding tert-OH is 1. The number of hydrogen-bond donors (Lipinski definition) is 1. The Morgan fingerprint density at radius 2 is 1.86 bits per heavy atom. The molecule has 0 radical (unpaired) electrons. The Hall–Kier alpha value is -0.870. The van der Waals surface area contributed by atoms with Crippen molar-refractivity contribution >= 4 is 9.84 Å². The first kappa shape index (κ1) is 11.2. The maximum absolute atomic E-state index is 11.6. The summed E-state index contributed by atoms with van der Waals surface area (Å²) in [5, 5.41) is 9.28. The molecule has 0 aliphatic rings. The lowest BCUT2D eigenvalue weighted by molar-refractivity contribution is 0.193. The van der Waals surface area contributed by atoms with Gasteiger partial charge in [0.1, 0.15) is 0 Å². The fraction of sp³-hybridized carbons (Fsp3) is 0.400. The highest BCUT2D eigenvalue weighted by Crippen LogP contribution is 2.11. The molecular weight excluding hydrogens is 200 g/mol. The first-order valence-corrected chi connectivity index (χ1v) is 6.17. The molecule has 78 valence electrons. The van der Waals surface area contributed by atoms with Crippen LogP contribution in [0.2, 0.25) is 0 Å². The highest BCUT2D eigenvalue weighted by Gasteiger charge is 2.17. The zero-order valence-corrected chi connectivity index (χ0v) is 8.87. The first-order valence-electron chi connectivity index (χ1n) is 4.52. The van der Waals surface area contributed by atoms with Crippen LogP contribution in [0.4, 0.5) is 0 Å². The number of benzene rings is 1. The van der Waals surface area contributed by atoms with Crippen molar-refractivity contribution in [1.82, 2.24) is 0 Å². The molecule has 1 rings (SSSR count). The molecule has 0 saturated heterocycles. The Kier molecular flexibility index (Phi) is 3.66. The Morgan fingerprint density at radius 1 is 1.29 bits per heavy atom. The summed E-state index contributed by atoms with van der Waals surface area (Å²) in [6, 6.07) is 8.18. The van der Waals surface area contributed by atoms with Crippen LogP contribution >= 0.6 is 0 Å². The van der Waals surface area contributed by atoms with Gasteiger partial charge in [0.2, 0.25) is 0 Å². The molecule has 1 aromatic rings. The summed E-state index contributed by atoms with van der Waals surface area (Å²) < 4.78 is 23.3. The second kappa shape index (κ2) is 4.57. The second-order valence-corrected chi connectivity index (χ2v) is 5.19. The largest absolute Gasteiger partial charge is 0.392 e. The summed E-state index contributed by atoms with van der Waals surface area (Å²) >= 11 is 0. The lowest BCUT2D eigenvalue weighted by atomic mass is 10.3. The van der Waals surface area contributed by atoms with E-state index in [1.807, 2.05) is 0 Å². The van der Waals surface area contributed by atoms with Gasteiger partial charge in [0.15, 0.2) is 9.84 Å². The van der Waals surface area contributed by atoms with Crippen LogP contribution in [0.5, 0.6) is 0 Å². The molecule has 3 nitrogen and oxygen atoms in total. The van der Waals surface area contributed by atoms with Gasteiger partial charge in [-0.15, -0.1) is 0 Å². The van der Waals surface area contributed by atoms with Crippen LogP contribution in [0.1, 0.15) is 13.3 Å². The van der Waals surface area contributed by atoms with Crippen LogP contribution in [0, 0.1) is 0 Å². The van der Waals surface area contributed by atoms with Crippen LogP contribution < -0.4 is 0 Å². The third-order valence-corrected chi connectivity index (χ3v) is 3.80. The molecule has 14 heavy (non-hydrogen) atoms. The molecule has 0 fully saturated rings. The van der Waals surface area contributed by atoms with Gasteiger partial charge in [-0.3, -0.25) is 0 Å². The molecule has 0 spiro atoms. The fourth-order valence-electron chi connectivity index (χ4n) is 1.10. The van der Waals surface area contributed by atoms with E-state index < -0.39 is 15.9 Å². The Bertz CT molecular complexity index is 370. The quantitative estimate of drug-likeness (QED) is 0.820. The van der Waals surface area contributed by atoms with Crippen molar-refractivity contribution in [3.8, 4) is 0 Å². The van der Waals surface area contributed by atoms with E-state index in [4.69, 9.17) is 0 Å². The van der Waals surface area contributed by atoms with Crippen molar-refractivity contribution < 1.29 is 13.5 Å². The van der Waals surface area contributed by atoms with Gasteiger partial charge < -0.3 is 5.11 Å². The van der Waals surface area contributed by atoms with E-state index in [0.29, 0.717) is 6.42 Å². The third kappa shape index (κ3) is 2.82. The average Bonchev–Trinajstić information content (AvgIpc) is 2.18. The highest BCUT2D eigenvalue weighted by atomic mass is 32.2. The molecule has 1 N–H and O–H groups in total. The predicted molar refractivity (Wildman–Crippen MR) is 54.8 cm³/mol. The molecule has 0 bridgehead atoms. The van der Waals surface area contributed by atoms with Crippen LogP contribution in [0.25, 0.3) is 0 Å². The Labute approximate surface area is 84.3 Å². The lowest BCUT2D eigenvalue weighted by Crippen LogP contribution is -2.19. The molecule has 1 aromatic carbocycles. The summed E-state index contributed by atoms with van der Waals surface area (Å²) in [5.74, 6) is -0.201. The van der Waals surface area contributed by atoms with Gasteiger partial charge in [-0.1, -0.05) is 25.1 Å². The molecule has 4 heteroatoms. The van der Waals surface area contributed by atoms with Crippen LogP contribution in [0.15, 0.2) is 35.2 Å². The summed E-state index contributed by atoms with van der Waals surface area (Å²) in [7, 11) is -3.32. The molecule has 0 unspecified atom stereocenters. The number of hydrogen-bond acceptors (Lipinski definition) is 3. The smallest absolute Gasteiger partial charge is 0.180 e. The van der Waals surface area contributed by atoms with Crippen molar-refractivity contribution in [3.63, 3.8) is 0 Å². The minimum absolute atomic E-state index is 0.201. The van der Waals surface area contributed by atoms with Crippen molar-refractivity contribution in [2.45, 2.75) is 24.3 Å². The molecule has 0 aliphatic carbocycles. The van der Waals surface area contributed by atoms with E-state index in [9.17, 15) is 13.5 Å². The molecule has 0 saturated carbocycles. The van der Waals surface area contributed by atoms with Crippen molar-refractivity contribution in [1.29, 1.82) is 0 Å². The van der Waals surface area contributed by atoms with Gasteiger partial charge in [-0.2, -0.15) is 0 Å². The Morgan fingerprint density at radius 3 is 2.36 bits per heavy atom. The van der Waals surface area contributed by atoms with Gasteiger partial charge in [0, 0.05) is 0 Å². The third-order valence-electron chi connectivity index (χ3n) is 1.99. The topological polar surface area (TPSA) is 54.4 Å². The van der Waals surface area contributed by atoms with Crippen molar-refractivity contribution in [2.24, 2.45) is 0 Å². The monoisotopic (exact) mass is 214 g/mol. The van der Waals surface area contributed by atoms with Crippen LogP contribution in [-0.2, 0) is 9.84 Å². The minimum Gasteiger partial charge on any atom is -0.392 e. The lowest BCUT2D eigenvalue weighted by Gasteiger charge is -2.08. The minimum atomic E-state index is -3.32. The number of aliphatic hydroxyl groups is 1. The molecule has 0 aromatic heterocycles. The van der Waals surface area contributed by atoms with E-state index in [1.54, 1.807) is 25.1 Å². The van der Waals surface area contributed by atoms with Crippen molar-refractivity contribution in [3.05, 3.63) is 30.3 Å². The van der Waals surface area contributed by atoms with Gasteiger partial charge >= 0.3 is 0 Å². The molecular formula is C10H14O3S. The Balaban J connectivity index is 2.87. The normalized spacial score (nSPS) is 13.9. The zero-order valence-electron chi connectivity index (χ0n) is 8.05. The van der Waals surface area contributed by atoms with E-state index in [0.717, 1.165) is 0 Å². The van der Waals surface area contributed by atoms with E-state index >= 15 is 0 Å². The molecule has 0 aliphatic heterocycles. The average molecular weight is 214 g/mol. The first-order chi connectivity index (χ1) is 6.56. The summed E-state index contributed by atoms with van der Waals surface area (Å²) in [6.45, 7) is 1.76. The van der Waals surface area contributed by atoms with Crippen LogP contribution in [-0.4, -0.2) is 25.4 Å². The SMILES string of the molecule is CC[C@@H](O)CS(=O)(=O)c1ccccc1. The summed E-state index contributed by atoms with van der Waals surface area (Å²) in [4.78, 5) is 0.271. The fourth-order valence-corrected chi connectivity index (χ4v) is 2.60. The van der Waals surface area contributed by atoms with E-state index in [-0.39, 0.29) is 10.6 Å². The van der Waals surface area contributed by atoms with Crippen LogP contribution in [0.3, 0.4) is 0 Å². The van der Waals surface area contributed by atoms with E-state index in [2.05, 4.69) is 0 Å². The van der Waals surface area contributed by atoms with Crippen molar-refractivity contribution in [2.75, 3.05) is 5.75 Å². The maximum atomic E-state index is 11.6. The van der Waals surface area contributed by atoms with Gasteiger partial charge in [-0.25, -0.2) is 8.42 Å². The van der Waals surface area contributed by atoms with Gasteiger partial charge in [0.25, 0.3) is 0 Å². The molecule has 0 amide bonds. The summed E-state index contributed by atoms with van der Waals surface area (Å²) in [5.41, 5.74) is 0. The van der Waals surface area contributed by atoms with Gasteiger partial charge in [0.05, 0.1) is 16.8 Å². The number of sulfone groups is 1. The molecule has 1 atom stereocenters. The standard InChI is InChI=1S/C10H14O3S/c1-2-9(11)8-14(12,13)10-6-4-3-5-7-10/h3-7,9,11H,2,8H2,1H3/t9-/m1/s1. The second-order valence-electron chi connectivity index (χ2n) is 3.16. The maximum Gasteiger partial charge on any atom is 0.180 e.